The van der Waals surface area contributed by atoms with Crippen LogP contribution in [-0.2, 0) is 13.0 Å². The molecule has 0 saturated heterocycles. The van der Waals surface area contributed by atoms with Gasteiger partial charge in [0.05, 0.1) is 16.8 Å². The number of fused-ring (bicyclic) bond motifs is 1. The molecule has 5 nitrogen and oxygen atoms in total. The van der Waals surface area contributed by atoms with E-state index in [-0.39, 0.29) is 6.03 Å². The summed E-state index contributed by atoms with van der Waals surface area (Å²) in [6.45, 7) is 7.93. The Morgan fingerprint density at radius 1 is 1.12 bits per heavy atom. The van der Waals surface area contributed by atoms with Crippen molar-refractivity contribution < 1.29 is 4.79 Å². The number of pyridine rings is 1. The molecule has 3 rings (SSSR count). The molecule has 26 heavy (non-hydrogen) atoms. The molecule has 2 heterocycles. The second-order valence-corrected chi connectivity index (χ2v) is 7.06. The largest absolute Gasteiger partial charge is 0.326 e. The fraction of sp³-hybridized carbons (Fsp3) is 0.350. The Kier molecular flexibility index (Phi) is 5.83. The lowest BCUT2D eigenvalue weighted by Crippen LogP contribution is -2.42. The SMILES string of the molecule is CCc1ccc2nc(N(Cc3cccnc3)C(=O)N(CC)CC)sc2c1. The lowest BCUT2D eigenvalue weighted by Gasteiger charge is -2.27. The lowest BCUT2D eigenvalue weighted by molar-refractivity contribution is 0.209. The van der Waals surface area contributed by atoms with Crippen molar-refractivity contribution in [2.45, 2.75) is 33.7 Å². The molecule has 0 aliphatic heterocycles. The van der Waals surface area contributed by atoms with Gasteiger partial charge < -0.3 is 4.90 Å². The number of hydrogen-bond donors (Lipinski definition) is 0. The summed E-state index contributed by atoms with van der Waals surface area (Å²) in [5.74, 6) is 0. The Hall–Kier alpha value is -2.47. The number of thiazole rings is 1. The molecule has 0 aliphatic carbocycles. The number of aromatic nitrogens is 2. The molecule has 0 saturated carbocycles. The van der Waals surface area contributed by atoms with Crippen LogP contribution in [0, 0.1) is 0 Å². The third kappa shape index (κ3) is 3.85. The second-order valence-electron chi connectivity index (χ2n) is 6.05. The maximum absolute atomic E-state index is 13.1. The standard InChI is InChI=1S/C20H24N4OS/c1-4-15-9-10-17-18(12-15)26-19(22-17)24(20(25)23(5-2)6-3)14-16-8-7-11-21-13-16/h7-13H,4-6,14H2,1-3H3. The Bertz CT molecular complexity index is 874. The van der Waals surface area contributed by atoms with E-state index in [9.17, 15) is 4.79 Å². The van der Waals surface area contributed by atoms with Gasteiger partial charge in [-0.25, -0.2) is 9.78 Å². The zero-order valence-corrected chi connectivity index (χ0v) is 16.3. The van der Waals surface area contributed by atoms with E-state index in [2.05, 4.69) is 24.0 Å². The smallest absolute Gasteiger partial charge is 0.325 e. The quantitative estimate of drug-likeness (QED) is 0.632. The van der Waals surface area contributed by atoms with Crippen molar-refractivity contribution in [1.82, 2.24) is 14.9 Å². The number of amides is 2. The summed E-state index contributed by atoms with van der Waals surface area (Å²) >= 11 is 1.57. The predicted molar refractivity (Wildman–Crippen MR) is 108 cm³/mol. The van der Waals surface area contributed by atoms with Gasteiger partial charge in [-0.05, 0) is 49.6 Å². The molecule has 3 aromatic rings. The van der Waals surface area contributed by atoms with Crippen LogP contribution < -0.4 is 4.90 Å². The summed E-state index contributed by atoms with van der Waals surface area (Å²) in [6.07, 6.45) is 4.52. The van der Waals surface area contributed by atoms with Crippen LogP contribution >= 0.6 is 11.3 Å². The van der Waals surface area contributed by atoms with E-state index < -0.39 is 0 Å². The number of urea groups is 1. The molecule has 0 unspecified atom stereocenters. The number of benzene rings is 1. The highest BCUT2D eigenvalue weighted by Gasteiger charge is 2.24. The average molecular weight is 369 g/mol. The number of carbonyl (C=O) groups is 1. The van der Waals surface area contributed by atoms with E-state index in [0.717, 1.165) is 27.3 Å². The normalized spacial score (nSPS) is 10.9. The minimum Gasteiger partial charge on any atom is -0.325 e. The van der Waals surface area contributed by atoms with Crippen LogP contribution in [0.2, 0.25) is 0 Å². The predicted octanol–water partition coefficient (Wildman–Crippen LogP) is 4.72. The van der Waals surface area contributed by atoms with Crippen LogP contribution in [0.1, 0.15) is 31.9 Å². The number of hydrogen-bond acceptors (Lipinski definition) is 4. The first-order chi connectivity index (χ1) is 12.7. The summed E-state index contributed by atoms with van der Waals surface area (Å²) in [7, 11) is 0. The molecule has 1 aromatic carbocycles. The summed E-state index contributed by atoms with van der Waals surface area (Å²) in [5.41, 5.74) is 3.20. The molecular formula is C20H24N4OS. The van der Waals surface area contributed by atoms with Gasteiger partial charge in [0, 0.05) is 25.5 Å². The van der Waals surface area contributed by atoms with Crippen molar-refractivity contribution in [1.29, 1.82) is 0 Å². The van der Waals surface area contributed by atoms with Crippen LogP contribution in [0.25, 0.3) is 10.2 Å². The zero-order chi connectivity index (χ0) is 18.5. The van der Waals surface area contributed by atoms with Crippen LogP contribution in [-0.4, -0.2) is 34.0 Å². The van der Waals surface area contributed by atoms with Gasteiger partial charge in [-0.15, -0.1) is 0 Å². The van der Waals surface area contributed by atoms with E-state index >= 15 is 0 Å². The van der Waals surface area contributed by atoms with Gasteiger partial charge in [0.2, 0.25) is 0 Å². The lowest BCUT2D eigenvalue weighted by atomic mass is 10.2. The second kappa shape index (κ2) is 8.27. The maximum Gasteiger partial charge on any atom is 0.326 e. The van der Waals surface area contributed by atoms with Crippen molar-refractivity contribution in [2.24, 2.45) is 0 Å². The molecule has 6 heteroatoms. The van der Waals surface area contributed by atoms with Gasteiger partial charge >= 0.3 is 6.03 Å². The van der Waals surface area contributed by atoms with Gasteiger partial charge in [-0.3, -0.25) is 9.88 Å². The summed E-state index contributed by atoms with van der Waals surface area (Å²) in [5, 5.41) is 0.731. The zero-order valence-electron chi connectivity index (χ0n) is 15.5. The molecule has 136 valence electrons. The highest BCUT2D eigenvalue weighted by atomic mass is 32.1. The molecule has 0 aliphatic rings. The molecule has 2 aromatic heterocycles. The van der Waals surface area contributed by atoms with Crippen LogP contribution in [0.3, 0.4) is 0 Å². The molecule has 0 fully saturated rings. The van der Waals surface area contributed by atoms with Gasteiger partial charge in [-0.1, -0.05) is 30.4 Å². The fourth-order valence-corrected chi connectivity index (χ4v) is 3.87. The molecule has 0 spiro atoms. The Labute approximate surface area is 158 Å². The molecular weight excluding hydrogens is 344 g/mol. The van der Waals surface area contributed by atoms with Gasteiger partial charge in [0.25, 0.3) is 0 Å². The van der Waals surface area contributed by atoms with Crippen LogP contribution in [0.15, 0.2) is 42.7 Å². The Morgan fingerprint density at radius 3 is 2.58 bits per heavy atom. The average Bonchev–Trinajstić information content (AvgIpc) is 3.10. The summed E-state index contributed by atoms with van der Waals surface area (Å²) in [4.78, 5) is 25.6. The van der Waals surface area contributed by atoms with E-state index in [1.54, 1.807) is 28.6 Å². The fourth-order valence-electron chi connectivity index (χ4n) is 2.85. The van der Waals surface area contributed by atoms with E-state index in [0.29, 0.717) is 19.6 Å². The first-order valence-corrected chi connectivity index (χ1v) is 9.82. The summed E-state index contributed by atoms with van der Waals surface area (Å²) < 4.78 is 1.11. The van der Waals surface area contributed by atoms with E-state index in [4.69, 9.17) is 4.98 Å². The van der Waals surface area contributed by atoms with E-state index in [1.165, 1.54) is 5.56 Å². The summed E-state index contributed by atoms with van der Waals surface area (Å²) in [6, 6.07) is 10.2. The maximum atomic E-state index is 13.1. The molecule has 0 N–H and O–H groups in total. The minimum atomic E-state index is -0.0198. The number of carbonyl (C=O) groups excluding carboxylic acids is 1. The number of rotatable bonds is 6. The third-order valence-corrected chi connectivity index (χ3v) is 5.45. The Morgan fingerprint density at radius 2 is 1.92 bits per heavy atom. The van der Waals surface area contributed by atoms with Gasteiger partial charge in [0.1, 0.15) is 0 Å². The van der Waals surface area contributed by atoms with Crippen molar-refractivity contribution in [3.8, 4) is 0 Å². The molecule has 2 amide bonds. The molecule has 0 bridgehead atoms. The highest BCUT2D eigenvalue weighted by Crippen LogP contribution is 2.31. The molecule has 0 atom stereocenters. The number of aryl methyl sites for hydroxylation is 1. The topological polar surface area (TPSA) is 49.3 Å². The van der Waals surface area contributed by atoms with E-state index in [1.807, 2.05) is 36.9 Å². The van der Waals surface area contributed by atoms with Crippen LogP contribution in [0.4, 0.5) is 9.93 Å². The monoisotopic (exact) mass is 368 g/mol. The Balaban J connectivity index is 2.00. The van der Waals surface area contributed by atoms with Gasteiger partial charge in [-0.2, -0.15) is 0 Å². The first-order valence-electron chi connectivity index (χ1n) is 9.01. The minimum absolute atomic E-state index is 0.0198. The number of nitrogens with zero attached hydrogens (tertiary/aromatic N) is 4. The van der Waals surface area contributed by atoms with Crippen molar-refractivity contribution in [3.63, 3.8) is 0 Å². The number of anilines is 1. The highest BCUT2D eigenvalue weighted by molar-refractivity contribution is 7.22. The van der Waals surface area contributed by atoms with Gasteiger partial charge in [0.15, 0.2) is 5.13 Å². The third-order valence-electron chi connectivity index (χ3n) is 4.41. The van der Waals surface area contributed by atoms with Crippen molar-refractivity contribution in [3.05, 3.63) is 53.9 Å². The first kappa shape index (κ1) is 18.3. The van der Waals surface area contributed by atoms with Crippen LogP contribution in [0.5, 0.6) is 0 Å². The molecule has 0 radical (unpaired) electrons. The van der Waals surface area contributed by atoms with Crippen molar-refractivity contribution in [2.75, 3.05) is 18.0 Å². The van der Waals surface area contributed by atoms with Crippen molar-refractivity contribution >= 4 is 32.7 Å².